The molecule has 2 aromatic heterocycles. The zero-order valence-corrected chi connectivity index (χ0v) is 19.5. The van der Waals surface area contributed by atoms with E-state index in [-0.39, 0.29) is 17.5 Å². The fraction of sp³-hybridized carbons (Fsp3) is 0.269. The van der Waals surface area contributed by atoms with Crippen LogP contribution in [-0.2, 0) is 7.05 Å². The number of amides is 1. The zero-order chi connectivity index (χ0) is 23.8. The molecular formula is C26H25ClN4O3. The van der Waals surface area contributed by atoms with Crippen molar-refractivity contribution in [1.29, 1.82) is 0 Å². The predicted octanol–water partition coefficient (Wildman–Crippen LogP) is 4.17. The summed E-state index contributed by atoms with van der Waals surface area (Å²) in [7, 11) is 1.69. The Hall–Kier alpha value is -3.42. The van der Waals surface area contributed by atoms with Gasteiger partial charge in [-0.05, 0) is 60.2 Å². The van der Waals surface area contributed by atoms with Gasteiger partial charge in [0.15, 0.2) is 5.65 Å². The Balaban J connectivity index is 1.29. The summed E-state index contributed by atoms with van der Waals surface area (Å²) in [5.74, 6) is 0.0757. The van der Waals surface area contributed by atoms with Gasteiger partial charge in [-0.3, -0.25) is 14.3 Å². The van der Waals surface area contributed by atoms with Crippen LogP contribution < -0.4 is 5.69 Å². The Bertz CT molecular complexity index is 1400. The second-order valence-corrected chi connectivity index (χ2v) is 9.22. The maximum atomic E-state index is 13.2. The number of aromatic amines is 1. The lowest BCUT2D eigenvalue weighted by Crippen LogP contribution is -2.39. The smallest absolute Gasteiger partial charge is 0.327 e. The number of fused-ring (bicyclic) bond motifs is 1. The molecule has 1 amide bonds. The molecule has 34 heavy (non-hydrogen) atoms. The number of aliphatic hydroxyl groups excluding tert-OH is 1. The summed E-state index contributed by atoms with van der Waals surface area (Å²) in [6.45, 7) is 1.19. The van der Waals surface area contributed by atoms with Gasteiger partial charge in [-0.2, -0.15) is 0 Å². The first-order valence-corrected chi connectivity index (χ1v) is 11.7. The third-order valence-electron chi connectivity index (χ3n) is 6.69. The number of H-pyrrole nitrogens is 1. The summed E-state index contributed by atoms with van der Waals surface area (Å²) in [6.07, 6.45) is 2.60. The van der Waals surface area contributed by atoms with E-state index in [1.54, 1.807) is 25.4 Å². The van der Waals surface area contributed by atoms with Crippen molar-refractivity contribution in [2.75, 3.05) is 13.1 Å². The standard InChI is InChI=1S/C26H25ClN4O3/c1-30-22-14-20(15-28-24(22)29-26(30)34)18-3-2-4-19(13-18)25(33)31-11-9-17(10-12-31)23(32)16-5-7-21(27)8-6-16/h2-8,13-15,17,23,32H,9-12H2,1H3,(H,28,29,34). The van der Waals surface area contributed by atoms with Crippen LogP contribution >= 0.6 is 11.6 Å². The molecule has 1 saturated heterocycles. The van der Waals surface area contributed by atoms with E-state index in [1.807, 2.05) is 47.4 Å². The van der Waals surface area contributed by atoms with Gasteiger partial charge in [-0.15, -0.1) is 0 Å². The van der Waals surface area contributed by atoms with E-state index in [0.29, 0.717) is 34.8 Å². The molecule has 1 atom stereocenters. The summed E-state index contributed by atoms with van der Waals surface area (Å²) in [5.41, 5.74) is 4.19. The summed E-state index contributed by atoms with van der Waals surface area (Å²) in [6, 6.07) is 16.7. The number of pyridine rings is 1. The number of aromatic nitrogens is 3. The Morgan fingerprint density at radius 1 is 1.12 bits per heavy atom. The van der Waals surface area contributed by atoms with Gasteiger partial charge in [0.25, 0.3) is 5.91 Å². The predicted molar refractivity (Wildman–Crippen MR) is 132 cm³/mol. The van der Waals surface area contributed by atoms with Gasteiger partial charge in [0.05, 0.1) is 11.6 Å². The van der Waals surface area contributed by atoms with Crippen LogP contribution in [0.4, 0.5) is 0 Å². The van der Waals surface area contributed by atoms with Gasteiger partial charge in [0.2, 0.25) is 0 Å². The lowest BCUT2D eigenvalue weighted by molar-refractivity contribution is 0.0462. The molecule has 1 aliphatic rings. The number of carbonyl (C=O) groups excluding carboxylic acids is 1. The van der Waals surface area contributed by atoms with Crippen LogP contribution in [0.25, 0.3) is 22.3 Å². The molecule has 2 N–H and O–H groups in total. The Labute approximate surface area is 201 Å². The summed E-state index contributed by atoms with van der Waals surface area (Å²) < 4.78 is 1.52. The number of hydrogen-bond donors (Lipinski definition) is 2. The minimum absolute atomic E-state index is 0.0237. The first-order chi connectivity index (χ1) is 16.4. The van der Waals surface area contributed by atoms with Crippen LogP contribution in [0.5, 0.6) is 0 Å². The third-order valence-corrected chi connectivity index (χ3v) is 6.94. The average molecular weight is 477 g/mol. The molecule has 174 valence electrons. The first-order valence-electron chi connectivity index (χ1n) is 11.3. The minimum Gasteiger partial charge on any atom is -0.388 e. The van der Waals surface area contributed by atoms with E-state index in [1.165, 1.54) is 4.57 Å². The van der Waals surface area contributed by atoms with E-state index in [9.17, 15) is 14.7 Å². The molecule has 7 nitrogen and oxygen atoms in total. The topological polar surface area (TPSA) is 91.2 Å². The number of benzene rings is 2. The van der Waals surface area contributed by atoms with Crippen molar-refractivity contribution in [1.82, 2.24) is 19.4 Å². The highest BCUT2D eigenvalue weighted by atomic mass is 35.5. The number of aliphatic hydroxyl groups is 1. The lowest BCUT2D eigenvalue weighted by Gasteiger charge is -2.34. The number of carbonyl (C=O) groups is 1. The molecule has 0 bridgehead atoms. The highest BCUT2D eigenvalue weighted by Crippen LogP contribution is 2.32. The molecule has 5 rings (SSSR count). The Morgan fingerprint density at radius 3 is 2.59 bits per heavy atom. The van der Waals surface area contributed by atoms with Crippen LogP contribution in [0.2, 0.25) is 5.02 Å². The Kier molecular flexibility index (Phi) is 5.98. The second-order valence-electron chi connectivity index (χ2n) is 8.79. The molecule has 0 radical (unpaired) electrons. The highest BCUT2D eigenvalue weighted by Gasteiger charge is 2.28. The molecular weight excluding hydrogens is 452 g/mol. The molecule has 1 unspecified atom stereocenters. The molecule has 0 aliphatic carbocycles. The Morgan fingerprint density at radius 2 is 1.85 bits per heavy atom. The summed E-state index contributed by atoms with van der Waals surface area (Å²) in [5, 5.41) is 11.4. The maximum Gasteiger partial charge on any atom is 0.327 e. The number of piperidine rings is 1. The van der Waals surface area contributed by atoms with Gasteiger partial charge >= 0.3 is 5.69 Å². The van der Waals surface area contributed by atoms with Crippen LogP contribution in [0.1, 0.15) is 34.9 Å². The normalized spacial score (nSPS) is 15.6. The van der Waals surface area contributed by atoms with Crippen molar-refractivity contribution in [3.05, 3.63) is 87.4 Å². The van der Waals surface area contributed by atoms with Crippen LogP contribution in [-0.4, -0.2) is 43.5 Å². The fourth-order valence-corrected chi connectivity index (χ4v) is 4.75. The largest absolute Gasteiger partial charge is 0.388 e. The number of nitrogens with zero attached hydrogens (tertiary/aromatic N) is 3. The van der Waals surface area contributed by atoms with Crippen molar-refractivity contribution < 1.29 is 9.90 Å². The molecule has 1 fully saturated rings. The molecule has 8 heteroatoms. The van der Waals surface area contributed by atoms with E-state index >= 15 is 0 Å². The quantitative estimate of drug-likeness (QED) is 0.462. The van der Waals surface area contributed by atoms with E-state index in [0.717, 1.165) is 29.5 Å². The molecule has 3 heterocycles. The van der Waals surface area contributed by atoms with Gasteiger partial charge in [-0.25, -0.2) is 9.78 Å². The summed E-state index contributed by atoms with van der Waals surface area (Å²) in [4.78, 5) is 34.0. The zero-order valence-electron chi connectivity index (χ0n) is 18.7. The molecule has 2 aromatic carbocycles. The average Bonchev–Trinajstić information content (AvgIpc) is 3.16. The molecule has 1 aliphatic heterocycles. The number of aryl methyl sites for hydroxylation is 1. The van der Waals surface area contributed by atoms with Gasteiger partial charge in [-0.1, -0.05) is 35.9 Å². The van der Waals surface area contributed by atoms with Crippen LogP contribution in [0.15, 0.2) is 65.6 Å². The van der Waals surface area contributed by atoms with Crippen molar-refractivity contribution in [2.24, 2.45) is 13.0 Å². The molecule has 4 aromatic rings. The van der Waals surface area contributed by atoms with E-state index < -0.39 is 6.10 Å². The number of hydrogen-bond acceptors (Lipinski definition) is 4. The number of likely N-dealkylation sites (tertiary alicyclic amines) is 1. The fourth-order valence-electron chi connectivity index (χ4n) is 4.62. The lowest BCUT2D eigenvalue weighted by atomic mass is 9.87. The van der Waals surface area contributed by atoms with E-state index in [2.05, 4.69) is 9.97 Å². The van der Waals surface area contributed by atoms with Crippen LogP contribution in [0, 0.1) is 5.92 Å². The van der Waals surface area contributed by atoms with Crippen LogP contribution in [0.3, 0.4) is 0 Å². The van der Waals surface area contributed by atoms with Crippen molar-refractivity contribution in [3.8, 4) is 11.1 Å². The monoisotopic (exact) mass is 476 g/mol. The number of imidazole rings is 1. The van der Waals surface area contributed by atoms with Gasteiger partial charge < -0.3 is 10.0 Å². The maximum absolute atomic E-state index is 13.2. The molecule has 0 spiro atoms. The van der Waals surface area contributed by atoms with Crippen molar-refractivity contribution in [3.63, 3.8) is 0 Å². The van der Waals surface area contributed by atoms with Gasteiger partial charge in [0.1, 0.15) is 0 Å². The SMILES string of the molecule is Cn1c(=O)[nH]c2ncc(-c3cccc(C(=O)N4CCC(C(O)c5ccc(Cl)cc5)CC4)c3)cc21. The second kappa shape index (κ2) is 9.08. The third kappa shape index (κ3) is 4.24. The van der Waals surface area contributed by atoms with Crippen molar-refractivity contribution >= 4 is 28.7 Å². The highest BCUT2D eigenvalue weighted by molar-refractivity contribution is 6.30. The number of rotatable bonds is 4. The first kappa shape index (κ1) is 22.4. The van der Waals surface area contributed by atoms with E-state index in [4.69, 9.17) is 11.6 Å². The summed E-state index contributed by atoms with van der Waals surface area (Å²) >= 11 is 5.95. The van der Waals surface area contributed by atoms with Crippen molar-refractivity contribution in [2.45, 2.75) is 18.9 Å². The number of nitrogens with one attached hydrogen (secondary N) is 1. The van der Waals surface area contributed by atoms with Gasteiger partial charge in [0, 0.05) is 42.5 Å². The minimum atomic E-state index is -0.565. The number of halogens is 1. The molecule has 0 saturated carbocycles.